The largest absolute Gasteiger partial charge is 0.495 e. The number of amides is 1. The molecule has 0 unspecified atom stereocenters. The molecule has 0 saturated heterocycles. The van der Waals surface area contributed by atoms with Gasteiger partial charge in [0, 0.05) is 11.6 Å². The first-order valence-corrected chi connectivity index (χ1v) is 7.45. The molecule has 4 heteroatoms. The quantitative estimate of drug-likeness (QED) is 0.886. The van der Waals surface area contributed by atoms with Gasteiger partial charge in [0.2, 0.25) is 5.91 Å². The summed E-state index contributed by atoms with van der Waals surface area (Å²) in [6, 6.07) is 5.74. The summed E-state index contributed by atoms with van der Waals surface area (Å²) in [6.07, 6.45) is 8.85. The lowest BCUT2D eigenvalue weighted by molar-refractivity contribution is 0.100. The van der Waals surface area contributed by atoms with Gasteiger partial charge in [-0.05, 0) is 31.0 Å². The van der Waals surface area contributed by atoms with Gasteiger partial charge in [0.05, 0.1) is 12.8 Å². The highest BCUT2D eigenvalue weighted by Crippen LogP contribution is 2.28. The van der Waals surface area contributed by atoms with E-state index in [9.17, 15) is 4.79 Å². The fourth-order valence-corrected chi connectivity index (χ4v) is 2.79. The first-order valence-electron chi connectivity index (χ1n) is 7.45. The molecule has 1 fully saturated rings. The van der Waals surface area contributed by atoms with Crippen LogP contribution in [0.1, 0.15) is 55.3 Å². The maximum absolute atomic E-state index is 11.3. The highest BCUT2D eigenvalue weighted by Gasteiger charge is 2.14. The highest BCUT2D eigenvalue weighted by molar-refractivity contribution is 5.94. The third kappa shape index (κ3) is 3.89. The van der Waals surface area contributed by atoms with E-state index in [4.69, 9.17) is 10.5 Å². The second-order valence-electron chi connectivity index (χ2n) is 5.47. The number of ether oxygens (including phenoxy) is 1. The van der Waals surface area contributed by atoms with Gasteiger partial charge in [0.1, 0.15) is 5.75 Å². The molecule has 1 aliphatic rings. The topological polar surface area (TPSA) is 64.3 Å². The molecular weight excluding hydrogens is 252 g/mol. The van der Waals surface area contributed by atoms with E-state index in [0.717, 1.165) is 11.4 Å². The molecule has 1 aromatic carbocycles. The zero-order valence-electron chi connectivity index (χ0n) is 12.2. The number of hydrogen-bond donors (Lipinski definition) is 2. The maximum Gasteiger partial charge on any atom is 0.248 e. The standard InChI is InChI=1S/C16H24N2O2/c1-20-15-10-9-12(16(17)19)11-14(15)18-13-7-5-3-2-4-6-8-13/h9-11,13,18H,2-8H2,1H3,(H2,17,19). The van der Waals surface area contributed by atoms with Crippen LogP contribution in [0.5, 0.6) is 5.75 Å². The fraction of sp³-hybridized carbons (Fsp3) is 0.562. The van der Waals surface area contributed by atoms with Gasteiger partial charge in [0.15, 0.2) is 0 Å². The average Bonchev–Trinajstić information content (AvgIpc) is 2.41. The molecule has 0 atom stereocenters. The van der Waals surface area contributed by atoms with Crippen molar-refractivity contribution in [3.8, 4) is 5.75 Å². The number of carbonyl (C=O) groups excluding carboxylic acids is 1. The van der Waals surface area contributed by atoms with Crippen molar-refractivity contribution < 1.29 is 9.53 Å². The monoisotopic (exact) mass is 276 g/mol. The van der Waals surface area contributed by atoms with Gasteiger partial charge in [0.25, 0.3) is 0 Å². The smallest absolute Gasteiger partial charge is 0.248 e. The summed E-state index contributed by atoms with van der Waals surface area (Å²) < 4.78 is 5.36. The molecule has 0 heterocycles. The molecule has 0 aromatic heterocycles. The molecular formula is C16H24N2O2. The van der Waals surface area contributed by atoms with Crippen LogP contribution in [0.3, 0.4) is 0 Å². The van der Waals surface area contributed by atoms with Crippen molar-refractivity contribution in [2.75, 3.05) is 12.4 Å². The molecule has 0 aliphatic heterocycles. The average molecular weight is 276 g/mol. The van der Waals surface area contributed by atoms with Crippen LogP contribution in [0.25, 0.3) is 0 Å². The Balaban J connectivity index is 2.12. The van der Waals surface area contributed by atoms with Crippen LogP contribution in [0.2, 0.25) is 0 Å². The second-order valence-corrected chi connectivity index (χ2v) is 5.47. The number of nitrogens with two attached hydrogens (primary N) is 1. The van der Waals surface area contributed by atoms with E-state index in [1.165, 1.54) is 44.9 Å². The molecule has 20 heavy (non-hydrogen) atoms. The number of rotatable bonds is 4. The molecule has 1 saturated carbocycles. The minimum Gasteiger partial charge on any atom is -0.495 e. The van der Waals surface area contributed by atoms with Crippen LogP contribution in [0.4, 0.5) is 5.69 Å². The molecule has 2 rings (SSSR count). The van der Waals surface area contributed by atoms with Crippen LogP contribution in [0.15, 0.2) is 18.2 Å². The Hall–Kier alpha value is -1.71. The lowest BCUT2D eigenvalue weighted by Crippen LogP contribution is -2.21. The number of nitrogens with one attached hydrogen (secondary N) is 1. The van der Waals surface area contributed by atoms with Gasteiger partial charge in [-0.3, -0.25) is 4.79 Å². The van der Waals surface area contributed by atoms with Crippen molar-refractivity contribution in [1.29, 1.82) is 0 Å². The van der Waals surface area contributed by atoms with Crippen LogP contribution >= 0.6 is 0 Å². The molecule has 1 aromatic rings. The van der Waals surface area contributed by atoms with Crippen molar-refractivity contribution in [1.82, 2.24) is 0 Å². The number of methoxy groups -OCH3 is 1. The zero-order chi connectivity index (χ0) is 14.4. The summed E-state index contributed by atoms with van der Waals surface area (Å²) in [6.45, 7) is 0. The van der Waals surface area contributed by atoms with Gasteiger partial charge in [-0.15, -0.1) is 0 Å². The lowest BCUT2D eigenvalue weighted by Gasteiger charge is -2.23. The Kier molecular flexibility index (Phi) is 5.27. The molecule has 4 nitrogen and oxygen atoms in total. The van der Waals surface area contributed by atoms with Crippen molar-refractivity contribution in [2.24, 2.45) is 5.73 Å². The Labute approximate surface area is 120 Å². The van der Waals surface area contributed by atoms with Crippen molar-refractivity contribution in [3.63, 3.8) is 0 Å². The predicted molar refractivity (Wildman–Crippen MR) is 81.2 cm³/mol. The van der Waals surface area contributed by atoms with E-state index < -0.39 is 5.91 Å². The third-order valence-electron chi connectivity index (χ3n) is 3.95. The van der Waals surface area contributed by atoms with E-state index in [-0.39, 0.29) is 0 Å². The molecule has 0 spiro atoms. The zero-order valence-corrected chi connectivity index (χ0v) is 12.2. The van der Waals surface area contributed by atoms with Crippen molar-refractivity contribution in [3.05, 3.63) is 23.8 Å². The molecule has 0 radical (unpaired) electrons. The molecule has 1 amide bonds. The molecule has 0 bridgehead atoms. The van der Waals surface area contributed by atoms with E-state index >= 15 is 0 Å². The van der Waals surface area contributed by atoms with E-state index in [1.54, 1.807) is 25.3 Å². The Morgan fingerprint density at radius 2 is 1.85 bits per heavy atom. The van der Waals surface area contributed by atoms with Crippen LogP contribution < -0.4 is 15.8 Å². The van der Waals surface area contributed by atoms with Crippen molar-refractivity contribution >= 4 is 11.6 Å². The predicted octanol–water partition coefficient (Wildman–Crippen LogP) is 3.32. The fourth-order valence-electron chi connectivity index (χ4n) is 2.79. The van der Waals surface area contributed by atoms with Gasteiger partial charge in [-0.2, -0.15) is 0 Å². The lowest BCUT2D eigenvalue weighted by atomic mass is 9.96. The number of anilines is 1. The molecule has 1 aliphatic carbocycles. The van der Waals surface area contributed by atoms with Gasteiger partial charge in [-0.25, -0.2) is 0 Å². The minimum absolute atomic E-state index is 0.409. The van der Waals surface area contributed by atoms with E-state index in [1.807, 2.05) is 0 Å². The second kappa shape index (κ2) is 7.17. The number of benzene rings is 1. The summed E-state index contributed by atoms with van der Waals surface area (Å²) in [4.78, 5) is 11.3. The summed E-state index contributed by atoms with van der Waals surface area (Å²) in [5.41, 5.74) is 6.73. The molecule has 3 N–H and O–H groups in total. The van der Waals surface area contributed by atoms with Crippen LogP contribution in [-0.2, 0) is 0 Å². The Morgan fingerprint density at radius 3 is 2.45 bits per heavy atom. The van der Waals surface area contributed by atoms with Crippen LogP contribution in [-0.4, -0.2) is 19.1 Å². The number of primary amides is 1. The maximum atomic E-state index is 11.3. The number of hydrogen-bond acceptors (Lipinski definition) is 3. The van der Waals surface area contributed by atoms with Crippen molar-refractivity contribution in [2.45, 2.75) is 51.0 Å². The first-order chi connectivity index (χ1) is 9.70. The van der Waals surface area contributed by atoms with Gasteiger partial charge >= 0.3 is 0 Å². The summed E-state index contributed by atoms with van der Waals surface area (Å²) >= 11 is 0. The van der Waals surface area contributed by atoms with Gasteiger partial charge in [-0.1, -0.05) is 32.1 Å². The summed E-state index contributed by atoms with van der Waals surface area (Å²) in [5.74, 6) is 0.352. The molecule has 110 valence electrons. The highest BCUT2D eigenvalue weighted by atomic mass is 16.5. The third-order valence-corrected chi connectivity index (χ3v) is 3.95. The summed E-state index contributed by atoms with van der Waals surface area (Å²) in [7, 11) is 1.64. The Bertz CT molecular complexity index is 452. The first kappa shape index (κ1) is 14.7. The van der Waals surface area contributed by atoms with E-state index in [0.29, 0.717) is 11.6 Å². The summed E-state index contributed by atoms with van der Waals surface area (Å²) in [5, 5.41) is 3.53. The Morgan fingerprint density at radius 1 is 1.20 bits per heavy atom. The SMILES string of the molecule is COc1ccc(C(N)=O)cc1NC1CCCCCCC1. The minimum atomic E-state index is -0.409. The normalized spacial score (nSPS) is 17.1. The van der Waals surface area contributed by atoms with Crippen LogP contribution in [0, 0.1) is 0 Å². The van der Waals surface area contributed by atoms with E-state index in [2.05, 4.69) is 5.32 Å². The number of carbonyl (C=O) groups is 1. The van der Waals surface area contributed by atoms with Gasteiger partial charge < -0.3 is 15.8 Å².